The second kappa shape index (κ2) is 5.20. The molecule has 2 N–H and O–H groups in total. The minimum Gasteiger partial charge on any atom is -0.494 e. The molecule has 0 atom stereocenters. The Balaban J connectivity index is 2.11. The van der Waals surface area contributed by atoms with Gasteiger partial charge in [-0.2, -0.15) is 0 Å². The topological polar surface area (TPSA) is 75.1 Å². The predicted octanol–water partition coefficient (Wildman–Crippen LogP) is 1.85. The van der Waals surface area contributed by atoms with Crippen molar-refractivity contribution in [3.63, 3.8) is 0 Å². The molecule has 1 aromatic carbocycles. The Hall–Kier alpha value is -2.37. The fourth-order valence-electron chi connectivity index (χ4n) is 2.39. The maximum Gasteiger partial charge on any atom is 0.331 e. The van der Waals surface area contributed by atoms with E-state index < -0.39 is 22.9 Å². The van der Waals surface area contributed by atoms with E-state index in [9.17, 15) is 19.1 Å². The third-order valence-electron chi connectivity index (χ3n) is 3.77. The monoisotopic (exact) mass is 290 g/mol. The number of hydrogen-bond acceptors (Lipinski definition) is 3. The number of benzene rings is 1. The Morgan fingerprint density at radius 3 is 2.67 bits per heavy atom. The average Bonchev–Trinajstić information content (AvgIpc) is 3.24. The van der Waals surface area contributed by atoms with Crippen molar-refractivity contribution in [3.8, 4) is 17.0 Å². The lowest BCUT2D eigenvalue weighted by Gasteiger charge is -2.11. The van der Waals surface area contributed by atoms with Crippen LogP contribution in [-0.2, 0) is 6.54 Å². The molecule has 0 aliphatic heterocycles. The van der Waals surface area contributed by atoms with Gasteiger partial charge in [-0.1, -0.05) is 31.0 Å². The SMILES string of the molecule is O=c1[nH]c(=O)n(CCC2CC2)c(O)c1-c1ccccc1F. The third-order valence-corrected chi connectivity index (χ3v) is 3.77. The molecule has 1 fully saturated rings. The number of H-pyrrole nitrogens is 1. The smallest absolute Gasteiger partial charge is 0.331 e. The maximum atomic E-state index is 13.8. The summed E-state index contributed by atoms with van der Waals surface area (Å²) >= 11 is 0. The summed E-state index contributed by atoms with van der Waals surface area (Å²) in [5, 5.41) is 10.2. The summed E-state index contributed by atoms with van der Waals surface area (Å²) in [7, 11) is 0. The second-order valence-electron chi connectivity index (χ2n) is 5.32. The van der Waals surface area contributed by atoms with Gasteiger partial charge in [-0.3, -0.25) is 14.3 Å². The first-order valence-electron chi connectivity index (χ1n) is 6.89. The first-order valence-corrected chi connectivity index (χ1v) is 6.89. The van der Waals surface area contributed by atoms with Gasteiger partial charge in [0.25, 0.3) is 5.56 Å². The molecule has 6 heteroatoms. The highest BCUT2D eigenvalue weighted by molar-refractivity contribution is 5.67. The first-order chi connectivity index (χ1) is 10.1. The predicted molar refractivity (Wildman–Crippen MR) is 75.7 cm³/mol. The minimum atomic E-state index is -0.787. The molecule has 21 heavy (non-hydrogen) atoms. The summed E-state index contributed by atoms with van der Waals surface area (Å²) in [6.07, 6.45) is 3.01. The summed E-state index contributed by atoms with van der Waals surface area (Å²) in [5.74, 6) is -0.527. The van der Waals surface area contributed by atoms with Crippen LogP contribution >= 0.6 is 0 Å². The van der Waals surface area contributed by atoms with Crippen molar-refractivity contribution in [2.45, 2.75) is 25.8 Å². The average molecular weight is 290 g/mol. The van der Waals surface area contributed by atoms with Crippen molar-refractivity contribution >= 4 is 0 Å². The van der Waals surface area contributed by atoms with Gasteiger partial charge in [0.2, 0.25) is 5.88 Å². The highest BCUT2D eigenvalue weighted by Gasteiger charge is 2.23. The van der Waals surface area contributed by atoms with Crippen molar-refractivity contribution in [2.24, 2.45) is 5.92 Å². The molecular formula is C15H15FN2O3. The molecule has 3 rings (SSSR count). The molecule has 1 aliphatic carbocycles. The van der Waals surface area contributed by atoms with Gasteiger partial charge in [-0.25, -0.2) is 9.18 Å². The molecule has 1 aliphatic rings. The van der Waals surface area contributed by atoms with Gasteiger partial charge < -0.3 is 5.11 Å². The molecule has 1 aromatic heterocycles. The summed E-state index contributed by atoms with van der Waals surface area (Å²) in [6.45, 7) is 0.313. The van der Waals surface area contributed by atoms with E-state index in [1.54, 1.807) is 6.07 Å². The van der Waals surface area contributed by atoms with Crippen molar-refractivity contribution in [1.82, 2.24) is 9.55 Å². The van der Waals surface area contributed by atoms with Gasteiger partial charge in [0.05, 0.1) is 0 Å². The fraction of sp³-hybridized carbons (Fsp3) is 0.333. The van der Waals surface area contributed by atoms with Gasteiger partial charge in [0.1, 0.15) is 11.4 Å². The zero-order valence-corrected chi connectivity index (χ0v) is 11.3. The van der Waals surface area contributed by atoms with Crippen LogP contribution in [-0.4, -0.2) is 14.7 Å². The van der Waals surface area contributed by atoms with E-state index in [-0.39, 0.29) is 11.1 Å². The van der Waals surface area contributed by atoms with Gasteiger partial charge in [-0.15, -0.1) is 0 Å². The van der Waals surface area contributed by atoms with Crippen LogP contribution in [0.4, 0.5) is 4.39 Å². The molecule has 5 nitrogen and oxygen atoms in total. The quantitative estimate of drug-likeness (QED) is 0.902. The molecular weight excluding hydrogens is 275 g/mol. The first kappa shape index (κ1) is 13.6. The van der Waals surface area contributed by atoms with E-state index in [2.05, 4.69) is 4.98 Å². The highest BCUT2D eigenvalue weighted by atomic mass is 19.1. The van der Waals surface area contributed by atoms with Gasteiger partial charge >= 0.3 is 5.69 Å². The van der Waals surface area contributed by atoms with Crippen molar-refractivity contribution < 1.29 is 9.50 Å². The largest absolute Gasteiger partial charge is 0.494 e. The molecule has 110 valence electrons. The van der Waals surface area contributed by atoms with E-state index in [0.29, 0.717) is 12.5 Å². The summed E-state index contributed by atoms with van der Waals surface area (Å²) in [5.41, 5.74) is -1.68. The van der Waals surface area contributed by atoms with Crippen LogP contribution < -0.4 is 11.2 Å². The standard InChI is InChI=1S/C15H15FN2O3/c16-11-4-2-1-3-10(11)12-13(19)17-15(21)18(14(12)20)8-7-9-5-6-9/h1-4,9,20H,5-8H2,(H,17,19,21). The van der Waals surface area contributed by atoms with Crippen molar-refractivity contribution in [2.75, 3.05) is 0 Å². The van der Waals surface area contributed by atoms with E-state index in [1.807, 2.05) is 0 Å². The maximum absolute atomic E-state index is 13.8. The van der Waals surface area contributed by atoms with Crippen LogP contribution in [0.3, 0.4) is 0 Å². The van der Waals surface area contributed by atoms with Crippen molar-refractivity contribution in [1.29, 1.82) is 0 Å². The van der Waals surface area contributed by atoms with Gasteiger partial charge in [-0.05, 0) is 18.4 Å². The number of rotatable bonds is 4. The second-order valence-corrected chi connectivity index (χ2v) is 5.32. The number of hydrogen-bond donors (Lipinski definition) is 2. The highest BCUT2D eigenvalue weighted by Crippen LogP contribution is 2.33. The Bertz CT molecular complexity index is 790. The minimum absolute atomic E-state index is 0.0172. The van der Waals surface area contributed by atoms with Crippen LogP contribution in [0.15, 0.2) is 33.9 Å². The van der Waals surface area contributed by atoms with Crippen LogP contribution in [0.2, 0.25) is 0 Å². The number of nitrogens with zero attached hydrogens (tertiary/aromatic N) is 1. The van der Waals surface area contributed by atoms with E-state index in [4.69, 9.17) is 0 Å². The molecule has 0 unspecified atom stereocenters. The van der Waals surface area contributed by atoms with Crippen LogP contribution in [0.25, 0.3) is 11.1 Å². The number of nitrogens with one attached hydrogen (secondary N) is 1. The summed E-state index contributed by atoms with van der Waals surface area (Å²) in [6, 6.07) is 5.66. The zero-order valence-electron chi connectivity index (χ0n) is 11.3. The van der Waals surface area contributed by atoms with Gasteiger partial charge in [0.15, 0.2) is 0 Å². The zero-order chi connectivity index (χ0) is 15.0. The Morgan fingerprint density at radius 1 is 1.29 bits per heavy atom. The summed E-state index contributed by atoms with van der Waals surface area (Å²) in [4.78, 5) is 25.9. The molecule has 0 radical (unpaired) electrons. The van der Waals surface area contributed by atoms with Crippen LogP contribution in [0, 0.1) is 11.7 Å². The Labute approximate surface area is 119 Å². The van der Waals surface area contributed by atoms with E-state index in [1.165, 1.54) is 18.2 Å². The molecule has 0 amide bonds. The molecule has 0 saturated heterocycles. The molecule has 1 heterocycles. The lowest BCUT2D eigenvalue weighted by atomic mass is 10.1. The number of aromatic hydroxyl groups is 1. The van der Waals surface area contributed by atoms with Gasteiger partial charge in [0, 0.05) is 12.1 Å². The summed E-state index contributed by atoms with van der Waals surface area (Å²) < 4.78 is 14.9. The third kappa shape index (κ3) is 2.61. The van der Waals surface area contributed by atoms with Crippen LogP contribution in [0.5, 0.6) is 5.88 Å². The van der Waals surface area contributed by atoms with Crippen molar-refractivity contribution in [3.05, 3.63) is 50.9 Å². The number of halogens is 1. The van der Waals surface area contributed by atoms with E-state index in [0.717, 1.165) is 23.8 Å². The Morgan fingerprint density at radius 2 is 2.00 bits per heavy atom. The Kier molecular flexibility index (Phi) is 3.37. The van der Waals surface area contributed by atoms with Crippen LogP contribution in [0.1, 0.15) is 19.3 Å². The molecule has 0 spiro atoms. The lowest BCUT2D eigenvalue weighted by Crippen LogP contribution is -2.31. The molecule has 0 bridgehead atoms. The normalized spacial score (nSPS) is 14.3. The molecule has 1 saturated carbocycles. The number of aromatic nitrogens is 2. The van der Waals surface area contributed by atoms with E-state index >= 15 is 0 Å². The molecule has 2 aromatic rings. The fourth-order valence-corrected chi connectivity index (χ4v) is 2.39. The number of aromatic amines is 1. The lowest BCUT2D eigenvalue weighted by molar-refractivity contribution is 0.394.